The van der Waals surface area contributed by atoms with E-state index in [4.69, 9.17) is 0 Å². The molecule has 14 aromatic rings. The summed E-state index contributed by atoms with van der Waals surface area (Å²) in [5.41, 5.74) is 20.8. The molecular formula is C77H72N2S2. The minimum Gasteiger partial charge on any atom is -0.344 e. The van der Waals surface area contributed by atoms with E-state index in [0.717, 1.165) is 5.69 Å². The van der Waals surface area contributed by atoms with Gasteiger partial charge in [0, 0.05) is 80.2 Å². The molecule has 2 nitrogen and oxygen atoms in total. The van der Waals surface area contributed by atoms with Crippen molar-refractivity contribution in [3.63, 3.8) is 0 Å². The van der Waals surface area contributed by atoms with Crippen LogP contribution in [0.1, 0.15) is 80.5 Å². The molecule has 11 aromatic carbocycles. The lowest BCUT2D eigenvalue weighted by molar-refractivity contribution is 0.660. The molecule has 0 saturated heterocycles. The number of rotatable bonds is 4. The second-order valence-electron chi connectivity index (χ2n) is 21.6. The molecule has 0 radical (unpaired) electrons. The molecule has 3 aromatic heterocycles. The maximum absolute atomic E-state index is 2.55. The molecule has 3 heterocycles. The van der Waals surface area contributed by atoms with Crippen LogP contribution in [0.5, 0.6) is 0 Å². The summed E-state index contributed by atoms with van der Waals surface area (Å²) in [5.74, 6) is 0. The van der Waals surface area contributed by atoms with Gasteiger partial charge < -0.3 is 9.47 Å². The average Bonchev–Trinajstić information content (AvgIpc) is 3.98. The van der Waals surface area contributed by atoms with Crippen molar-refractivity contribution in [2.75, 3.05) is 4.90 Å². The maximum atomic E-state index is 2.55. The van der Waals surface area contributed by atoms with Crippen molar-refractivity contribution >= 4 is 113 Å². The summed E-state index contributed by atoms with van der Waals surface area (Å²) < 4.78 is 7.74. The molecule has 0 atom stereocenters. The first-order chi connectivity index (χ1) is 39.4. The molecule has 0 bridgehead atoms. The number of aromatic nitrogens is 1. The van der Waals surface area contributed by atoms with Gasteiger partial charge in [-0.05, 0) is 145 Å². The van der Waals surface area contributed by atoms with Gasteiger partial charge in [0.1, 0.15) is 0 Å². The minimum atomic E-state index is -0.137. The predicted molar refractivity (Wildman–Crippen MR) is 361 cm³/mol. The van der Waals surface area contributed by atoms with E-state index in [2.05, 4.69) is 283 Å². The molecule has 0 N–H and O–H groups in total. The van der Waals surface area contributed by atoms with Crippen LogP contribution in [0.25, 0.3) is 95.2 Å². The lowest BCUT2D eigenvalue weighted by atomic mass is 9.81. The number of hydrogen-bond acceptors (Lipinski definition) is 3. The molecule has 402 valence electrons. The molecule has 0 saturated carbocycles. The van der Waals surface area contributed by atoms with Crippen molar-refractivity contribution < 1.29 is 0 Å². The maximum Gasteiger partial charge on any atom is 0.0555 e. The number of anilines is 3. The first-order valence-electron chi connectivity index (χ1n) is 28.8. The van der Waals surface area contributed by atoms with E-state index in [1.54, 1.807) is 0 Å². The van der Waals surface area contributed by atoms with Gasteiger partial charge in [-0.3, -0.25) is 0 Å². The molecule has 15 rings (SSSR count). The van der Waals surface area contributed by atoms with Crippen molar-refractivity contribution in [1.82, 2.24) is 4.57 Å². The highest BCUT2D eigenvalue weighted by Gasteiger charge is 2.38. The Hall–Kier alpha value is -8.28. The largest absolute Gasteiger partial charge is 0.344 e. The van der Waals surface area contributed by atoms with Crippen LogP contribution in [-0.2, 0) is 12.5 Å². The number of para-hydroxylation sites is 1. The predicted octanol–water partition coefficient (Wildman–Crippen LogP) is 23.6. The van der Waals surface area contributed by atoms with E-state index < -0.39 is 0 Å². The molecule has 0 fully saturated rings. The first-order valence-corrected chi connectivity index (χ1v) is 30.4. The Kier molecular flexibility index (Phi) is 15.3. The molecule has 4 heteroatoms. The molecule has 0 spiro atoms. The van der Waals surface area contributed by atoms with Crippen molar-refractivity contribution in [3.05, 3.63) is 257 Å². The van der Waals surface area contributed by atoms with Gasteiger partial charge in [-0.25, -0.2) is 0 Å². The van der Waals surface area contributed by atoms with Gasteiger partial charge in [0.05, 0.1) is 16.9 Å². The second-order valence-corrected chi connectivity index (χ2v) is 23.7. The van der Waals surface area contributed by atoms with Crippen LogP contribution in [0.15, 0.2) is 218 Å². The second kappa shape index (κ2) is 22.7. The minimum absolute atomic E-state index is 0.137. The van der Waals surface area contributed by atoms with Gasteiger partial charge in [0.15, 0.2) is 0 Å². The van der Waals surface area contributed by atoms with E-state index >= 15 is 0 Å². The number of aryl methyl sites for hydroxylation is 6. The summed E-state index contributed by atoms with van der Waals surface area (Å²) in [6, 6.07) is 80.3. The Labute approximate surface area is 487 Å². The quantitative estimate of drug-likeness (QED) is 0.171. The van der Waals surface area contributed by atoms with Crippen LogP contribution in [0.2, 0.25) is 0 Å². The lowest BCUT2D eigenvalue weighted by Gasteiger charge is -2.30. The molecule has 0 unspecified atom stereocenters. The summed E-state index contributed by atoms with van der Waals surface area (Å²) in [7, 11) is 2.19. The number of benzene rings is 11. The molecule has 0 amide bonds. The number of fused-ring (bicyclic) bond motifs is 14. The van der Waals surface area contributed by atoms with Gasteiger partial charge in [0.25, 0.3) is 0 Å². The standard InChI is InChI=1S/C45H34N2S.C15H16.C13H10S.2C2H6/c1-27-20-22-33-35(24-27)45(2,3)36-26-40(30-13-5-6-14-32(30)43(33)36)47(38-17-11-19-42-44(38)34-15-8-10-18-41(34)48-42)28-21-23-31-29-12-7-9-16-37(29)46(4)39(31)25-28;1-11-8-9-15(13(3)10-11)14-7-5-4-6-12(14)2;1-9-5-4-8-12-13(9)10-6-2-3-7-11(10)14-12;2*1-2/h5-26H,1-4H3;4-10H,1-3H3;2-8H,1H3;2*1-2H3. The smallest absolute Gasteiger partial charge is 0.0555 e. The number of thiophene rings is 2. The first kappa shape index (κ1) is 54.7. The fourth-order valence-corrected chi connectivity index (χ4v) is 14.8. The third-order valence-electron chi connectivity index (χ3n) is 16.3. The van der Waals surface area contributed by atoms with Gasteiger partial charge >= 0.3 is 0 Å². The van der Waals surface area contributed by atoms with Crippen molar-refractivity contribution in [3.8, 4) is 22.3 Å². The average molecular weight is 1090 g/mol. The van der Waals surface area contributed by atoms with E-state index in [1.807, 2.05) is 50.4 Å². The van der Waals surface area contributed by atoms with Crippen LogP contribution in [0.3, 0.4) is 0 Å². The fourth-order valence-electron chi connectivity index (χ4n) is 12.4. The zero-order valence-electron chi connectivity index (χ0n) is 49.0. The summed E-state index contributed by atoms with van der Waals surface area (Å²) >= 11 is 3.75. The molecule has 0 aliphatic heterocycles. The van der Waals surface area contributed by atoms with Crippen LogP contribution >= 0.6 is 22.7 Å². The van der Waals surface area contributed by atoms with Gasteiger partial charge in [-0.1, -0.05) is 216 Å². The normalized spacial score (nSPS) is 12.0. The summed E-state index contributed by atoms with van der Waals surface area (Å²) in [6.07, 6.45) is 0. The summed E-state index contributed by atoms with van der Waals surface area (Å²) in [5, 5.41) is 10.6. The Balaban J connectivity index is 0.000000169. The van der Waals surface area contributed by atoms with Gasteiger partial charge in [-0.15, -0.1) is 22.7 Å². The highest BCUT2D eigenvalue weighted by molar-refractivity contribution is 7.26. The monoisotopic (exact) mass is 1090 g/mol. The Morgan fingerprint density at radius 2 is 0.877 bits per heavy atom. The van der Waals surface area contributed by atoms with Crippen molar-refractivity contribution in [2.45, 2.75) is 81.6 Å². The van der Waals surface area contributed by atoms with E-state index in [1.165, 1.54) is 145 Å². The van der Waals surface area contributed by atoms with Crippen LogP contribution in [0.4, 0.5) is 17.1 Å². The van der Waals surface area contributed by atoms with E-state index in [-0.39, 0.29) is 5.41 Å². The number of nitrogens with zero attached hydrogens (tertiary/aromatic N) is 2. The van der Waals surface area contributed by atoms with Gasteiger partial charge in [-0.2, -0.15) is 0 Å². The summed E-state index contributed by atoms with van der Waals surface area (Å²) in [4.78, 5) is 2.55. The zero-order chi connectivity index (χ0) is 56.7. The molecular weight excluding hydrogens is 1020 g/mol. The van der Waals surface area contributed by atoms with Crippen molar-refractivity contribution in [2.24, 2.45) is 7.05 Å². The molecule has 1 aliphatic rings. The Morgan fingerprint density at radius 3 is 1.57 bits per heavy atom. The topological polar surface area (TPSA) is 8.17 Å². The highest BCUT2D eigenvalue weighted by atomic mass is 32.1. The zero-order valence-corrected chi connectivity index (χ0v) is 50.6. The van der Waals surface area contributed by atoms with Crippen LogP contribution in [-0.4, -0.2) is 4.57 Å². The third kappa shape index (κ3) is 9.69. The fraction of sp³-hybridized carbons (Fsp3) is 0.169. The Bertz CT molecular complexity index is 4640. The van der Waals surface area contributed by atoms with Crippen LogP contribution < -0.4 is 4.90 Å². The van der Waals surface area contributed by atoms with Crippen molar-refractivity contribution in [1.29, 1.82) is 0 Å². The van der Waals surface area contributed by atoms with E-state index in [9.17, 15) is 0 Å². The van der Waals surface area contributed by atoms with Crippen LogP contribution in [0, 0.1) is 34.6 Å². The third-order valence-corrected chi connectivity index (χ3v) is 18.5. The SMILES string of the molecule is CC.CC.Cc1ccc(-c2ccccc2C)c(C)c1.Cc1ccc2c(c1)C(C)(C)c1cc(N(c3ccc4c5ccccc5n(C)c4c3)c3cccc4sc5ccccc5c34)c3ccccc3c1-2.Cc1cccc2sc3ccccc3c12. The lowest BCUT2D eigenvalue weighted by Crippen LogP contribution is -2.17. The molecule has 1 aliphatic carbocycles. The van der Waals surface area contributed by atoms with Gasteiger partial charge in [0.2, 0.25) is 0 Å². The highest BCUT2D eigenvalue weighted by Crippen LogP contribution is 2.56. The molecule has 81 heavy (non-hydrogen) atoms. The van der Waals surface area contributed by atoms with E-state index in [0.29, 0.717) is 0 Å². The Morgan fingerprint density at radius 1 is 0.358 bits per heavy atom. The summed E-state index contributed by atoms with van der Waals surface area (Å²) in [6.45, 7) is 23.7. The number of hydrogen-bond donors (Lipinski definition) is 0.